The Morgan fingerprint density at radius 2 is 1.98 bits per heavy atom. The van der Waals surface area contributed by atoms with Crippen molar-refractivity contribution in [1.29, 1.82) is 0 Å². The third-order valence-corrected chi connectivity index (χ3v) is 7.85. The van der Waals surface area contributed by atoms with E-state index in [4.69, 9.17) is 10.7 Å². The molecule has 2 aliphatic rings. The number of halogens is 4. The number of aromatic nitrogens is 4. The molecule has 0 bridgehead atoms. The fraction of sp³-hybridized carbons (Fsp3) is 0.310. The quantitative estimate of drug-likeness (QED) is 0.247. The maximum absolute atomic E-state index is 15.6. The molecule has 4 heterocycles. The molecule has 41 heavy (non-hydrogen) atoms. The van der Waals surface area contributed by atoms with Gasteiger partial charge < -0.3 is 11.1 Å². The lowest BCUT2D eigenvalue weighted by Gasteiger charge is -2.27. The summed E-state index contributed by atoms with van der Waals surface area (Å²) in [6, 6.07) is 5.24. The van der Waals surface area contributed by atoms with Gasteiger partial charge in [-0.05, 0) is 62.9 Å². The number of benzene rings is 1. The molecule has 1 spiro atoms. The summed E-state index contributed by atoms with van der Waals surface area (Å²) in [4.78, 5) is 28.0. The number of pyridine rings is 1. The highest BCUT2D eigenvalue weighted by Gasteiger charge is 2.55. The highest BCUT2D eigenvalue weighted by atomic mass is 19.4. The molecule has 6 rings (SSSR count). The first-order valence-electron chi connectivity index (χ1n) is 13.0. The van der Waals surface area contributed by atoms with E-state index in [1.807, 2.05) is 11.3 Å². The second-order valence-corrected chi connectivity index (χ2v) is 10.3. The van der Waals surface area contributed by atoms with Gasteiger partial charge in [-0.1, -0.05) is 5.92 Å². The maximum atomic E-state index is 15.6. The monoisotopic (exact) mass is 563 g/mol. The SMILES string of the molecule is CC#CCN1[C@H](c2nc(-c3ccc(C(=O)Nc4cc(C(F)(F)F)ccn4)cc3F)c3c(N)nccn23)CCC12CC2. The summed E-state index contributed by atoms with van der Waals surface area (Å²) in [6.45, 7) is 2.41. The first-order valence-corrected chi connectivity index (χ1v) is 13.0. The van der Waals surface area contributed by atoms with Crippen LogP contribution in [-0.2, 0) is 6.18 Å². The first-order chi connectivity index (χ1) is 19.6. The summed E-state index contributed by atoms with van der Waals surface area (Å²) < 4.78 is 56.5. The van der Waals surface area contributed by atoms with Crippen molar-refractivity contribution in [3.05, 3.63) is 71.7 Å². The van der Waals surface area contributed by atoms with E-state index >= 15 is 4.39 Å². The van der Waals surface area contributed by atoms with Gasteiger partial charge in [0, 0.05) is 35.3 Å². The van der Waals surface area contributed by atoms with Crippen LogP contribution in [0.1, 0.15) is 60.4 Å². The molecule has 210 valence electrons. The van der Waals surface area contributed by atoms with Crippen LogP contribution in [0.4, 0.5) is 29.2 Å². The van der Waals surface area contributed by atoms with E-state index in [0.717, 1.165) is 44.0 Å². The highest BCUT2D eigenvalue weighted by Crippen LogP contribution is 2.56. The Labute approximate surface area is 232 Å². The third kappa shape index (κ3) is 4.76. The molecule has 3 N–H and O–H groups in total. The molecule has 0 radical (unpaired) electrons. The molecule has 1 aliphatic heterocycles. The molecule has 1 aliphatic carbocycles. The summed E-state index contributed by atoms with van der Waals surface area (Å²) in [6.07, 6.45) is 3.75. The molecule has 1 saturated carbocycles. The lowest BCUT2D eigenvalue weighted by molar-refractivity contribution is -0.137. The van der Waals surface area contributed by atoms with Crippen LogP contribution < -0.4 is 11.1 Å². The Morgan fingerprint density at radius 3 is 2.68 bits per heavy atom. The Kier molecular flexibility index (Phi) is 6.42. The fourth-order valence-electron chi connectivity index (χ4n) is 5.65. The number of carbonyl (C=O) groups excluding carboxylic acids is 1. The maximum Gasteiger partial charge on any atom is 0.416 e. The van der Waals surface area contributed by atoms with Crippen LogP contribution in [-0.4, -0.2) is 42.2 Å². The Morgan fingerprint density at radius 1 is 1.17 bits per heavy atom. The van der Waals surface area contributed by atoms with E-state index in [-0.39, 0.29) is 40.0 Å². The fourth-order valence-corrected chi connectivity index (χ4v) is 5.65. The zero-order chi connectivity index (χ0) is 28.9. The van der Waals surface area contributed by atoms with Crippen LogP contribution in [0.5, 0.6) is 0 Å². The predicted octanol–water partition coefficient (Wildman–Crippen LogP) is 5.48. The molecular formula is C29H25F4N7O. The summed E-state index contributed by atoms with van der Waals surface area (Å²) in [5.41, 5.74) is 6.16. The molecule has 1 atom stereocenters. The second kappa shape index (κ2) is 9.85. The minimum Gasteiger partial charge on any atom is -0.382 e. The van der Waals surface area contributed by atoms with E-state index in [1.165, 1.54) is 12.1 Å². The van der Waals surface area contributed by atoms with Gasteiger partial charge in [-0.15, -0.1) is 5.92 Å². The number of nitrogens with one attached hydrogen (secondary N) is 1. The first kappa shape index (κ1) is 26.7. The number of nitrogen functional groups attached to an aromatic ring is 1. The number of imidazole rings is 1. The van der Waals surface area contributed by atoms with Crippen molar-refractivity contribution in [2.45, 2.75) is 50.4 Å². The van der Waals surface area contributed by atoms with E-state index in [1.54, 1.807) is 12.4 Å². The molecular weight excluding hydrogens is 538 g/mol. The smallest absolute Gasteiger partial charge is 0.382 e. The van der Waals surface area contributed by atoms with Crippen molar-refractivity contribution in [2.75, 3.05) is 17.6 Å². The number of hydrogen-bond acceptors (Lipinski definition) is 6. The molecule has 1 amide bonds. The van der Waals surface area contributed by atoms with Crippen molar-refractivity contribution < 1.29 is 22.4 Å². The number of fused-ring (bicyclic) bond motifs is 1. The topological polar surface area (TPSA) is 101 Å². The number of nitrogens with two attached hydrogens (primary N) is 1. The normalized spacial score (nSPS) is 17.9. The number of likely N-dealkylation sites (tertiary alicyclic amines) is 1. The van der Waals surface area contributed by atoms with Crippen LogP contribution >= 0.6 is 0 Å². The largest absolute Gasteiger partial charge is 0.416 e. The summed E-state index contributed by atoms with van der Waals surface area (Å²) in [5.74, 6) is 5.18. The number of rotatable bonds is 5. The summed E-state index contributed by atoms with van der Waals surface area (Å²) in [7, 11) is 0. The van der Waals surface area contributed by atoms with E-state index in [2.05, 4.69) is 32.0 Å². The van der Waals surface area contributed by atoms with Gasteiger partial charge in [0.2, 0.25) is 0 Å². The van der Waals surface area contributed by atoms with Gasteiger partial charge in [0.25, 0.3) is 5.91 Å². The number of hydrogen-bond donors (Lipinski definition) is 2. The van der Waals surface area contributed by atoms with Gasteiger partial charge >= 0.3 is 6.18 Å². The summed E-state index contributed by atoms with van der Waals surface area (Å²) >= 11 is 0. The predicted molar refractivity (Wildman–Crippen MR) is 144 cm³/mol. The Hall–Kier alpha value is -4.50. The van der Waals surface area contributed by atoms with E-state index < -0.39 is 23.5 Å². The molecule has 0 unspecified atom stereocenters. The Balaban J connectivity index is 1.34. The second-order valence-electron chi connectivity index (χ2n) is 10.3. The van der Waals surface area contributed by atoms with Crippen molar-refractivity contribution >= 4 is 23.1 Å². The van der Waals surface area contributed by atoms with Crippen molar-refractivity contribution in [2.24, 2.45) is 0 Å². The van der Waals surface area contributed by atoms with Gasteiger partial charge in [-0.3, -0.25) is 14.1 Å². The lowest BCUT2D eigenvalue weighted by atomic mass is 10.1. The zero-order valence-electron chi connectivity index (χ0n) is 22.0. The third-order valence-electron chi connectivity index (χ3n) is 7.85. The average Bonchev–Trinajstić information content (AvgIpc) is 3.49. The van der Waals surface area contributed by atoms with Gasteiger partial charge in [0.1, 0.15) is 34.5 Å². The van der Waals surface area contributed by atoms with Crippen molar-refractivity contribution in [3.8, 4) is 23.1 Å². The van der Waals surface area contributed by atoms with Gasteiger partial charge in [0.05, 0.1) is 18.2 Å². The standard InChI is InChI=1S/C29H25F4N7O/c1-2-3-13-40-21(6-8-28(40)9-10-28)26-38-23(24-25(34)36-12-14-39(24)26)19-5-4-17(15-20(19)30)27(41)37-22-16-18(7-11-35-22)29(31,32)33/h4-5,7,11-12,14-16,21H,6,8-10,13H2,1H3,(H2,34,36)(H,35,37,41)/t21-/m0/s1. The van der Waals surface area contributed by atoms with Crippen LogP contribution in [0, 0.1) is 17.7 Å². The minimum atomic E-state index is -4.60. The van der Waals surface area contributed by atoms with Gasteiger partial charge in [0.15, 0.2) is 0 Å². The van der Waals surface area contributed by atoms with Gasteiger partial charge in [-0.25, -0.2) is 19.3 Å². The van der Waals surface area contributed by atoms with E-state index in [9.17, 15) is 18.0 Å². The number of amides is 1. The zero-order valence-corrected chi connectivity index (χ0v) is 22.0. The van der Waals surface area contributed by atoms with E-state index in [0.29, 0.717) is 24.0 Å². The number of nitrogens with zero attached hydrogens (tertiary/aromatic N) is 5. The minimum absolute atomic E-state index is 0.0468. The number of anilines is 2. The molecule has 4 aromatic rings. The molecule has 2 fully saturated rings. The van der Waals surface area contributed by atoms with Crippen LogP contribution in [0.2, 0.25) is 0 Å². The molecule has 8 nitrogen and oxygen atoms in total. The van der Waals surface area contributed by atoms with Crippen LogP contribution in [0.15, 0.2) is 48.9 Å². The Bertz CT molecular complexity index is 1730. The summed E-state index contributed by atoms with van der Waals surface area (Å²) in [5, 5.41) is 2.29. The molecule has 1 aromatic carbocycles. The van der Waals surface area contributed by atoms with Crippen LogP contribution in [0.3, 0.4) is 0 Å². The molecule has 1 saturated heterocycles. The molecule has 3 aromatic heterocycles. The van der Waals surface area contributed by atoms with Crippen molar-refractivity contribution in [1.82, 2.24) is 24.3 Å². The van der Waals surface area contributed by atoms with Gasteiger partial charge in [-0.2, -0.15) is 13.2 Å². The van der Waals surface area contributed by atoms with Crippen LogP contribution in [0.25, 0.3) is 16.8 Å². The average molecular weight is 564 g/mol. The van der Waals surface area contributed by atoms with Crippen molar-refractivity contribution in [3.63, 3.8) is 0 Å². The highest BCUT2D eigenvalue weighted by molar-refractivity contribution is 6.04. The lowest BCUT2D eigenvalue weighted by Crippen LogP contribution is -2.34. The molecule has 12 heteroatoms. The number of carbonyl (C=O) groups is 1. The number of alkyl halides is 3.